The Kier molecular flexibility index (Phi) is 6.86. The second-order valence-electron chi connectivity index (χ2n) is 7.89. The first-order valence-corrected chi connectivity index (χ1v) is 11.5. The van der Waals surface area contributed by atoms with Gasteiger partial charge in [-0.05, 0) is 42.3 Å². The van der Waals surface area contributed by atoms with Crippen LogP contribution in [0.3, 0.4) is 0 Å². The lowest BCUT2D eigenvalue weighted by atomic mass is 10.0. The van der Waals surface area contributed by atoms with Gasteiger partial charge in [-0.2, -0.15) is 0 Å². The van der Waals surface area contributed by atoms with Gasteiger partial charge in [0.15, 0.2) is 0 Å². The van der Waals surface area contributed by atoms with Crippen LogP contribution in [-0.2, 0) is 11.2 Å². The highest BCUT2D eigenvalue weighted by atomic mass is 35.5. The molecule has 1 heterocycles. The first kappa shape index (κ1) is 23.7. The van der Waals surface area contributed by atoms with E-state index in [1.807, 2.05) is 19.1 Å². The van der Waals surface area contributed by atoms with E-state index in [0.717, 1.165) is 17.4 Å². The number of anilines is 2. The molecule has 34 heavy (non-hydrogen) atoms. The van der Waals surface area contributed by atoms with Gasteiger partial charge in [-0.3, -0.25) is 9.59 Å². The molecule has 0 spiro atoms. The number of hydrogen-bond acceptors (Lipinski definition) is 6. The maximum absolute atomic E-state index is 12.0. The molecule has 3 N–H and O–H groups in total. The maximum atomic E-state index is 12.0. The van der Waals surface area contributed by atoms with Crippen LogP contribution >= 0.6 is 23.2 Å². The molecule has 4 aromatic rings. The van der Waals surface area contributed by atoms with E-state index in [1.165, 1.54) is 0 Å². The van der Waals surface area contributed by atoms with Crippen molar-refractivity contribution in [2.45, 2.75) is 25.8 Å². The number of fused-ring (bicyclic) bond motifs is 1. The zero-order valence-corrected chi connectivity index (χ0v) is 19.7. The molecule has 174 valence electrons. The molecular weight excluding hydrogens is 477 g/mol. The normalized spacial score (nSPS) is 12.1. The fourth-order valence-electron chi connectivity index (χ4n) is 3.74. The van der Waals surface area contributed by atoms with Crippen molar-refractivity contribution in [1.82, 2.24) is 4.98 Å². The molecule has 0 saturated heterocycles. The molecule has 1 atom stereocenters. The fraction of sp³-hybridized carbons (Fsp3) is 0.200. The Morgan fingerprint density at radius 1 is 1.03 bits per heavy atom. The summed E-state index contributed by atoms with van der Waals surface area (Å²) in [6.45, 7) is 2.43. The quantitative estimate of drug-likeness (QED) is 0.286. The van der Waals surface area contributed by atoms with Crippen molar-refractivity contribution in [1.29, 1.82) is 0 Å². The Bertz CT molecular complexity index is 1440. The number of aliphatic carboxylic acids is 1. The average Bonchev–Trinajstić information content (AvgIpc) is 2.82. The van der Waals surface area contributed by atoms with Crippen molar-refractivity contribution in [3.8, 4) is 11.3 Å². The molecule has 0 aliphatic carbocycles. The van der Waals surface area contributed by atoms with Gasteiger partial charge in [-0.25, -0.2) is 9.78 Å². The molecule has 0 fully saturated rings. The number of nitrogens with one attached hydrogen (secondary N) is 2. The fourth-order valence-corrected chi connectivity index (χ4v) is 4.33. The van der Waals surface area contributed by atoms with Crippen molar-refractivity contribution in [2.24, 2.45) is 0 Å². The van der Waals surface area contributed by atoms with Gasteiger partial charge in [0.2, 0.25) is 0 Å². The number of halogens is 2. The van der Waals surface area contributed by atoms with Crippen LogP contribution in [0.25, 0.3) is 22.2 Å². The lowest BCUT2D eigenvalue weighted by molar-refractivity contribution is -0.137. The number of carboxylic acid groups (broad SMARTS) is 1. The van der Waals surface area contributed by atoms with Crippen LogP contribution < -0.4 is 21.5 Å². The molecular formula is C25H21Cl2N3O4. The summed E-state index contributed by atoms with van der Waals surface area (Å²) in [7, 11) is 0. The average molecular weight is 498 g/mol. The number of nitrogens with zero attached hydrogens (tertiary/aromatic N) is 1. The molecule has 0 bridgehead atoms. The molecule has 0 saturated carbocycles. The van der Waals surface area contributed by atoms with Crippen molar-refractivity contribution in [3.63, 3.8) is 0 Å². The predicted molar refractivity (Wildman–Crippen MR) is 136 cm³/mol. The van der Waals surface area contributed by atoms with Crippen LogP contribution in [0.5, 0.6) is 0 Å². The van der Waals surface area contributed by atoms with Crippen LogP contribution in [0.15, 0.2) is 58.1 Å². The third kappa shape index (κ3) is 4.62. The summed E-state index contributed by atoms with van der Waals surface area (Å²) in [5, 5.41) is 17.1. The second kappa shape index (κ2) is 9.83. The van der Waals surface area contributed by atoms with Gasteiger partial charge in [-0.1, -0.05) is 48.3 Å². The van der Waals surface area contributed by atoms with E-state index in [-0.39, 0.29) is 17.8 Å². The predicted octanol–water partition coefficient (Wildman–Crippen LogP) is 4.73. The summed E-state index contributed by atoms with van der Waals surface area (Å²) in [5.74, 6) is -1.13. The van der Waals surface area contributed by atoms with Crippen LogP contribution in [0.1, 0.15) is 18.9 Å². The largest absolute Gasteiger partial charge is 0.480 e. The third-order valence-corrected chi connectivity index (χ3v) is 6.12. The molecule has 3 aromatic carbocycles. The highest BCUT2D eigenvalue weighted by molar-refractivity contribution is 6.39. The second-order valence-corrected chi connectivity index (χ2v) is 8.71. The zero-order valence-electron chi connectivity index (χ0n) is 18.2. The lowest BCUT2D eigenvalue weighted by Crippen LogP contribution is -2.42. The molecule has 0 radical (unpaired) electrons. The monoisotopic (exact) mass is 497 g/mol. The summed E-state index contributed by atoms with van der Waals surface area (Å²) >= 11 is 12.6. The van der Waals surface area contributed by atoms with Gasteiger partial charge in [0.25, 0.3) is 10.9 Å². The van der Waals surface area contributed by atoms with Crippen molar-refractivity contribution in [2.75, 3.05) is 17.2 Å². The molecule has 4 rings (SSSR count). The lowest BCUT2D eigenvalue weighted by Gasteiger charge is -2.20. The summed E-state index contributed by atoms with van der Waals surface area (Å²) in [4.78, 5) is 40.3. The van der Waals surface area contributed by atoms with Crippen LogP contribution in [-0.4, -0.2) is 28.6 Å². The maximum Gasteiger partial charge on any atom is 0.326 e. The Balaban J connectivity index is 1.58. The minimum absolute atomic E-state index is 0.0227. The minimum Gasteiger partial charge on any atom is -0.480 e. The Hall–Kier alpha value is -3.42. The summed E-state index contributed by atoms with van der Waals surface area (Å²) in [6.07, 6.45) is 0.867. The molecule has 9 heteroatoms. The van der Waals surface area contributed by atoms with Crippen LogP contribution in [0, 0.1) is 0 Å². The van der Waals surface area contributed by atoms with Crippen molar-refractivity contribution in [3.05, 3.63) is 84.6 Å². The van der Waals surface area contributed by atoms with Gasteiger partial charge in [0.1, 0.15) is 17.4 Å². The highest BCUT2D eigenvalue weighted by Gasteiger charge is 2.26. The number of aromatic nitrogens is 1. The first-order valence-electron chi connectivity index (χ1n) is 10.7. The number of carbonyl (C=O) groups is 1. The van der Waals surface area contributed by atoms with E-state index in [2.05, 4.69) is 15.6 Å². The summed E-state index contributed by atoms with van der Waals surface area (Å²) < 4.78 is 0. The number of carboxylic acids is 1. The topological polar surface area (TPSA) is 108 Å². The summed E-state index contributed by atoms with van der Waals surface area (Å²) in [6, 6.07) is 13.3. The number of rotatable bonds is 9. The highest BCUT2D eigenvalue weighted by Crippen LogP contribution is 2.34. The Morgan fingerprint density at radius 3 is 2.41 bits per heavy atom. The van der Waals surface area contributed by atoms with Crippen LogP contribution in [0.4, 0.5) is 11.4 Å². The third-order valence-electron chi connectivity index (χ3n) is 5.49. The van der Waals surface area contributed by atoms with Gasteiger partial charge >= 0.3 is 5.97 Å². The molecule has 0 aliphatic heterocycles. The smallest absolute Gasteiger partial charge is 0.326 e. The molecule has 1 aromatic heterocycles. The van der Waals surface area contributed by atoms with E-state index >= 15 is 0 Å². The van der Waals surface area contributed by atoms with Crippen LogP contribution in [0.2, 0.25) is 10.0 Å². The first-order chi connectivity index (χ1) is 16.3. The number of benzene rings is 2. The van der Waals surface area contributed by atoms with Crippen molar-refractivity contribution >= 4 is 51.4 Å². The van der Waals surface area contributed by atoms with E-state index in [9.17, 15) is 19.5 Å². The Labute approximate surface area is 205 Å². The molecule has 0 amide bonds. The van der Waals surface area contributed by atoms with Gasteiger partial charge in [0, 0.05) is 23.9 Å². The summed E-state index contributed by atoms with van der Waals surface area (Å²) in [5.41, 5.74) is 1.54. The Morgan fingerprint density at radius 2 is 1.74 bits per heavy atom. The molecule has 1 unspecified atom stereocenters. The van der Waals surface area contributed by atoms with Crippen molar-refractivity contribution < 1.29 is 9.90 Å². The van der Waals surface area contributed by atoms with E-state index < -0.39 is 22.9 Å². The number of pyridine rings is 1. The minimum atomic E-state index is -1.13. The van der Waals surface area contributed by atoms with E-state index in [4.69, 9.17) is 23.2 Å². The van der Waals surface area contributed by atoms with Gasteiger partial charge in [0.05, 0.1) is 21.3 Å². The molecule has 0 aliphatic rings. The molecule has 7 nitrogen and oxygen atoms in total. The zero-order chi connectivity index (χ0) is 24.4. The van der Waals surface area contributed by atoms with Gasteiger partial charge in [-0.15, -0.1) is 0 Å². The van der Waals surface area contributed by atoms with E-state index in [0.29, 0.717) is 33.4 Å². The van der Waals surface area contributed by atoms with Gasteiger partial charge < -0.3 is 15.7 Å². The SMILES string of the molecule is CCCNc1c(NC(Cc2ccc3nc(-c4c(Cl)cccc4Cl)ccc3c2)C(=O)O)c(=O)c1=O. The standard InChI is InChI=1S/C25H21Cl2N3O4/c1-2-10-28-21-22(24(32)23(21)31)30-19(25(33)34)12-13-6-8-17-14(11-13)7-9-18(29-17)20-15(26)4-3-5-16(20)27/h3-9,11,19,28,30H,2,10,12H2,1H3,(H,33,34). The van der Waals surface area contributed by atoms with E-state index in [1.54, 1.807) is 36.4 Å². The number of hydrogen-bond donors (Lipinski definition) is 3.